The quantitative estimate of drug-likeness (QED) is 0.615. The molecule has 2 N–H and O–H groups in total. The second-order valence-corrected chi connectivity index (χ2v) is 5.47. The zero-order chi connectivity index (χ0) is 9.47. The van der Waals surface area contributed by atoms with E-state index in [9.17, 15) is 13.2 Å². The third kappa shape index (κ3) is 1.83. The molecule has 2 aliphatic rings. The van der Waals surface area contributed by atoms with E-state index in [1.54, 1.807) is 0 Å². The number of carbonyl (C=O) groups excluding carboxylic acids is 1. The highest BCUT2D eigenvalue weighted by Gasteiger charge is 2.38. The Morgan fingerprint density at radius 3 is 2.31 bits per heavy atom. The summed E-state index contributed by atoms with van der Waals surface area (Å²) in [6.45, 7) is 0.793. The number of hydrogen-bond donors (Lipinski definition) is 2. The van der Waals surface area contributed by atoms with Crippen molar-refractivity contribution in [2.45, 2.75) is 30.6 Å². The molecule has 1 saturated carbocycles. The van der Waals surface area contributed by atoms with Gasteiger partial charge in [-0.25, -0.2) is 8.42 Å². The SMILES string of the molecule is O=C(NS(=O)(=O)C1CC1)C1CCN1. The number of carbonyl (C=O) groups is 1. The summed E-state index contributed by atoms with van der Waals surface area (Å²) in [5, 5.41) is 2.53. The third-order valence-electron chi connectivity index (χ3n) is 2.35. The maximum absolute atomic E-state index is 11.3. The molecule has 1 heterocycles. The van der Waals surface area contributed by atoms with Gasteiger partial charge in [0.05, 0.1) is 11.3 Å². The van der Waals surface area contributed by atoms with Crippen LogP contribution in [0.3, 0.4) is 0 Å². The molecule has 0 radical (unpaired) electrons. The molecular weight excluding hydrogens is 192 g/mol. The van der Waals surface area contributed by atoms with Gasteiger partial charge in [0.1, 0.15) is 0 Å². The van der Waals surface area contributed by atoms with Crippen LogP contribution in [0.15, 0.2) is 0 Å². The Morgan fingerprint density at radius 1 is 1.31 bits per heavy atom. The van der Waals surface area contributed by atoms with Crippen molar-refractivity contribution >= 4 is 15.9 Å². The number of hydrogen-bond acceptors (Lipinski definition) is 4. The molecule has 1 unspecified atom stereocenters. The van der Waals surface area contributed by atoms with Gasteiger partial charge < -0.3 is 5.32 Å². The van der Waals surface area contributed by atoms with Crippen LogP contribution in [-0.4, -0.2) is 32.2 Å². The second kappa shape index (κ2) is 2.95. The first-order valence-electron chi connectivity index (χ1n) is 4.38. The summed E-state index contributed by atoms with van der Waals surface area (Å²) < 4.78 is 24.7. The lowest BCUT2D eigenvalue weighted by molar-refractivity contribution is -0.122. The highest BCUT2D eigenvalue weighted by molar-refractivity contribution is 7.90. The lowest BCUT2D eigenvalue weighted by Gasteiger charge is -2.25. The molecule has 1 saturated heterocycles. The fraction of sp³-hybridized carbons (Fsp3) is 0.857. The van der Waals surface area contributed by atoms with E-state index in [-0.39, 0.29) is 11.3 Å². The van der Waals surface area contributed by atoms with Crippen molar-refractivity contribution in [2.24, 2.45) is 0 Å². The fourth-order valence-corrected chi connectivity index (χ4v) is 2.53. The summed E-state index contributed by atoms with van der Waals surface area (Å²) in [4.78, 5) is 11.2. The average Bonchev–Trinajstić information content (AvgIpc) is 2.58. The van der Waals surface area contributed by atoms with Gasteiger partial charge in [0.2, 0.25) is 10.0 Å². The monoisotopic (exact) mass is 204 g/mol. The van der Waals surface area contributed by atoms with Crippen LogP contribution in [0.2, 0.25) is 0 Å². The molecule has 2 fully saturated rings. The molecule has 5 nitrogen and oxygen atoms in total. The third-order valence-corrected chi connectivity index (χ3v) is 4.18. The Hall–Kier alpha value is -0.620. The molecule has 0 aromatic rings. The second-order valence-electron chi connectivity index (χ2n) is 3.51. The summed E-state index contributed by atoms with van der Waals surface area (Å²) in [6, 6.07) is -0.298. The van der Waals surface area contributed by atoms with Crippen LogP contribution in [0.25, 0.3) is 0 Å². The van der Waals surface area contributed by atoms with E-state index in [1.165, 1.54) is 0 Å². The molecule has 1 atom stereocenters. The summed E-state index contributed by atoms with van der Waals surface area (Å²) in [7, 11) is -3.35. The topological polar surface area (TPSA) is 75.3 Å². The molecule has 2 rings (SSSR count). The van der Waals surface area contributed by atoms with E-state index >= 15 is 0 Å². The van der Waals surface area contributed by atoms with Gasteiger partial charge >= 0.3 is 0 Å². The molecular formula is C7H12N2O3S. The number of nitrogens with one attached hydrogen (secondary N) is 2. The van der Waals surface area contributed by atoms with Crippen molar-refractivity contribution in [3.63, 3.8) is 0 Å². The minimum atomic E-state index is -3.35. The standard InChI is InChI=1S/C7H12N2O3S/c10-7(6-3-4-8-6)9-13(11,12)5-1-2-5/h5-6,8H,1-4H2,(H,9,10). The lowest BCUT2D eigenvalue weighted by Crippen LogP contribution is -2.54. The largest absolute Gasteiger partial charge is 0.306 e. The van der Waals surface area contributed by atoms with Gasteiger partial charge in [-0.3, -0.25) is 9.52 Å². The smallest absolute Gasteiger partial charge is 0.250 e. The van der Waals surface area contributed by atoms with Gasteiger partial charge in [0.15, 0.2) is 0 Å². The first-order chi connectivity index (χ1) is 6.09. The Labute approximate surface area is 76.9 Å². The Morgan fingerprint density at radius 2 is 1.92 bits per heavy atom. The van der Waals surface area contributed by atoms with Crippen molar-refractivity contribution in [3.8, 4) is 0 Å². The summed E-state index contributed by atoms with van der Waals surface area (Å²) in [5.74, 6) is -0.404. The van der Waals surface area contributed by atoms with E-state index in [0.717, 1.165) is 13.0 Å². The molecule has 0 spiro atoms. The first-order valence-corrected chi connectivity index (χ1v) is 5.93. The predicted molar refractivity (Wildman–Crippen MR) is 46.5 cm³/mol. The van der Waals surface area contributed by atoms with Crippen molar-refractivity contribution in [2.75, 3.05) is 6.54 Å². The van der Waals surface area contributed by atoms with Gasteiger partial charge in [0, 0.05) is 0 Å². The molecule has 13 heavy (non-hydrogen) atoms. The summed E-state index contributed by atoms with van der Waals surface area (Å²) in [5.41, 5.74) is 0. The molecule has 1 aliphatic carbocycles. The molecule has 74 valence electrons. The van der Waals surface area contributed by atoms with Gasteiger partial charge in [-0.05, 0) is 25.8 Å². The average molecular weight is 204 g/mol. The van der Waals surface area contributed by atoms with Crippen LogP contribution in [0.5, 0.6) is 0 Å². The summed E-state index contributed by atoms with van der Waals surface area (Å²) >= 11 is 0. The van der Waals surface area contributed by atoms with Gasteiger partial charge in [-0.1, -0.05) is 0 Å². The lowest BCUT2D eigenvalue weighted by atomic mass is 10.1. The fourth-order valence-electron chi connectivity index (χ4n) is 1.19. The van der Waals surface area contributed by atoms with Crippen LogP contribution in [0.1, 0.15) is 19.3 Å². The molecule has 1 aliphatic heterocycles. The maximum Gasteiger partial charge on any atom is 0.250 e. The number of rotatable bonds is 3. The van der Waals surface area contributed by atoms with Crippen LogP contribution in [-0.2, 0) is 14.8 Å². The van der Waals surface area contributed by atoms with Crippen molar-refractivity contribution < 1.29 is 13.2 Å². The Kier molecular flexibility index (Phi) is 2.03. The zero-order valence-electron chi connectivity index (χ0n) is 7.12. The maximum atomic E-state index is 11.3. The van der Waals surface area contributed by atoms with E-state index in [0.29, 0.717) is 12.8 Å². The highest BCUT2D eigenvalue weighted by atomic mass is 32.2. The van der Waals surface area contributed by atoms with E-state index in [1.807, 2.05) is 0 Å². The Bertz CT molecular complexity index is 317. The zero-order valence-corrected chi connectivity index (χ0v) is 7.93. The van der Waals surface area contributed by atoms with Crippen molar-refractivity contribution in [1.82, 2.24) is 10.0 Å². The minimum Gasteiger partial charge on any atom is -0.306 e. The number of sulfonamides is 1. The van der Waals surface area contributed by atoms with Gasteiger partial charge in [0.25, 0.3) is 5.91 Å². The van der Waals surface area contributed by atoms with E-state index < -0.39 is 15.9 Å². The van der Waals surface area contributed by atoms with Crippen LogP contribution >= 0.6 is 0 Å². The van der Waals surface area contributed by atoms with Crippen molar-refractivity contribution in [3.05, 3.63) is 0 Å². The van der Waals surface area contributed by atoms with Crippen LogP contribution < -0.4 is 10.0 Å². The van der Waals surface area contributed by atoms with Crippen molar-refractivity contribution in [1.29, 1.82) is 0 Å². The highest BCUT2D eigenvalue weighted by Crippen LogP contribution is 2.27. The summed E-state index contributed by atoms with van der Waals surface area (Å²) in [6.07, 6.45) is 2.09. The molecule has 0 bridgehead atoms. The first kappa shape index (κ1) is 8.96. The molecule has 0 aromatic carbocycles. The molecule has 1 amide bonds. The van der Waals surface area contributed by atoms with E-state index in [4.69, 9.17) is 0 Å². The minimum absolute atomic E-state index is 0.298. The van der Waals surface area contributed by atoms with Crippen LogP contribution in [0.4, 0.5) is 0 Å². The molecule has 0 aromatic heterocycles. The van der Waals surface area contributed by atoms with Crippen LogP contribution in [0, 0.1) is 0 Å². The predicted octanol–water partition coefficient (Wildman–Crippen LogP) is -1.04. The normalized spacial score (nSPS) is 27.8. The van der Waals surface area contributed by atoms with Gasteiger partial charge in [-0.2, -0.15) is 0 Å². The Balaban J connectivity index is 1.92. The number of amides is 1. The van der Waals surface area contributed by atoms with E-state index in [2.05, 4.69) is 10.0 Å². The molecule has 6 heteroatoms. The van der Waals surface area contributed by atoms with Gasteiger partial charge in [-0.15, -0.1) is 0 Å².